The summed E-state index contributed by atoms with van der Waals surface area (Å²) in [5.41, 5.74) is 3.59. The second kappa shape index (κ2) is 6.94. The van der Waals surface area contributed by atoms with Crippen molar-refractivity contribution < 1.29 is 4.74 Å². The van der Waals surface area contributed by atoms with E-state index in [2.05, 4.69) is 50.7 Å². The van der Waals surface area contributed by atoms with Crippen molar-refractivity contribution in [2.24, 2.45) is 5.92 Å². The minimum absolute atomic E-state index is 0.569. The predicted octanol–water partition coefficient (Wildman–Crippen LogP) is 2.17. The number of benzene rings is 1. The first-order valence-electron chi connectivity index (χ1n) is 7.80. The summed E-state index contributed by atoms with van der Waals surface area (Å²) in [5.74, 6) is 1.71. The van der Waals surface area contributed by atoms with E-state index in [1.807, 2.05) is 6.92 Å². The molecule has 1 aromatic heterocycles. The van der Waals surface area contributed by atoms with E-state index >= 15 is 0 Å². The van der Waals surface area contributed by atoms with Gasteiger partial charge < -0.3 is 15.4 Å². The number of methoxy groups -OCH3 is 1. The van der Waals surface area contributed by atoms with Gasteiger partial charge >= 0.3 is 0 Å². The standard InChI is InChI=1S/C17H24N4O/c1-13-7-17-19-10-16(11-21(17)20-13)9-18-8-14-3-5-15(6-4-14)12-22-2/h3-7,16,18-19H,8-12H2,1-2H3/t16-/m0/s1. The molecule has 0 spiro atoms. The maximum absolute atomic E-state index is 5.13. The van der Waals surface area contributed by atoms with E-state index in [9.17, 15) is 0 Å². The first-order chi connectivity index (χ1) is 10.7. The summed E-state index contributed by atoms with van der Waals surface area (Å²) >= 11 is 0. The molecule has 0 unspecified atom stereocenters. The van der Waals surface area contributed by atoms with Crippen LogP contribution in [0.1, 0.15) is 16.8 Å². The van der Waals surface area contributed by atoms with Crippen molar-refractivity contribution in [3.05, 3.63) is 47.2 Å². The molecule has 1 aliphatic rings. The van der Waals surface area contributed by atoms with Gasteiger partial charge in [-0.25, -0.2) is 4.68 Å². The molecule has 0 radical (unpaired) electrons. The minimum Gasteiger partial charge on any atom is -0.380 e. The molecular formula is C17H24N4O. The van der Waals surface area contributed by atoms with Crippen molar-refractivity contribution >= 4 is 5.82 Å². The number of anilines is 1. The zero-order chi connectivity index (χ0) is 15.4. The second-order valence-corrected chi connectivity index (χ2v) is 5.98. The SMILES string of the molecule is COCc1ccc(CNC[C@H]2CNc3cc(C)nn3C2)cc1. The fraction of sp³-hybridized carbons (Fsp3) is 0.471. The molecule has 1 aromatic carbocycles. The Balaban J connectivity index is 1.45. The summed E-state index contributed by atoms with van der Waals surface area (Å²) in [6.45, 7) is 6.58. The van der Waals surface area contributed by atoms with E-state index < -0.39 is 0 Å². The number of aryl methyl sites for hydroxylation is 1. The first-order valence-corrected chi connectivity index (χ1v) is 7.80. The third-order valence-electron chi connectivity index (χ3n) is 4.00. The van der Waals surface area contributed by atoms with Crippen LogP contribution in [0.25, 0.3) is 0 Å². The van der Waals surface area contributed by atoms with E-state index in [1.54, 1.807) is 7.11 Å². The fourth-order valence-corrected chi connectivity index (χ4v) is 2.86. The number of ether oxygens (including phenoxy) is 1. The van der Waals surface area contributed by atoms with Gasteiger partial charge in [-0.05, 0) is 18.1 Å². The van der Waals surface area contributed by atoms with Crippen LogP contribution in [0.5, 0.6) is 0 Å². The van der Waals surface area contributed by atoms with E-state index in [-0.39, 0.29) is 0 Å². The molecule has 0 saturated heterocycles. The molecule has 118 valence electrons. The lowest BCUT2D eigenvalue weighted by Gasteiger charge is -2.25. The lowest BCUT2D eigenvalue weighted by atomic mass is 10.1. The van der Waals surface area contributed by atoms with Gasteiger partial charge in [-0.1, -0.05) is 24.3 Å². The molecule has 3 rings (SSSR count). The topological polar surface area (TPSA) is 51.1 Å². The van der Waals surface area contributed by atoms with E-state index in [4.69, 9.17) is 4.74 Å². The second-order valence-electron chi connectivity index (χ2n) is 5.98. The van der Waals surface area contributed by atoms with Gasteiger partial charge in [-0.15, -0.1) is 0 Å². The van der Waals surface area contributed by atoms with Crippen LogP contribution in [0.15, 0.2) is 30.3 Å². The van der Waals surface area contributed by atoms with Gasteiger partial charge in [0.15, 0.2) is 0 Å². The number of nitrogens with zero attached hydrogens (tertiary/aromatic N) is 2. The Hall–Kier alpha value is -1.85. The van der Waals surface area contributed by atoms with Crippen LogP contribution in [0.4, 0.5) is 5.82 Å². The molecule has 0 fully saturated rings. The van der Waals surface area contributed by atoms with Gasteiger partial charge in [0.25, 0.3) is 0 Å². The van der Waals surface area contributed by atoms with Gasteiger partial charge in [-0.3, -0.25) is 0 Å². The minimum atomic E-state index is 0.569. The van der Waals surface area contributed by atoms with Crippen LogP contribution < -0.4 is 10.6 Å². The molecule has 0 amide bonds. The molecular weight excluding hydrogens is 276 g/mol. The first kappa shape index (κ1) is 15.1. The largest absolute Gasteiger partial charge is 0.380 e. The normalized spacial score (nSPS) is 17.1. The predicted molar refractivity (Wildman–Crippen MR) is 87.8 cm³/mol. The molecule has 5 heteroatoms. The quantitative estimate of drug-likeness (QED) is 0.858. The summed E-state index contributed by atoms with van der Waals surface area (Å²) in [6, 6.07) is 10.7. The maximum Gasteiger partial charge on any atom is 0.124 e. The Morgan fingerprint density at radius 2 is 2.09 bits per heavy atom. The van der Waals surface area contributed by atoms with Gasteiger partial charge in [0.1, 0.15) is 5.82 Å². The lowest BCUT2D eigenvalue weighted by Crippen LogP contribution is -2.35. The van der Waals surface area contributed by atoms with Crippen LogP contribution in [-0.4, -0.2) is 30.0 Å². The average Bonchev–Trinajstić information content (AvgIpc) is 2.89. The van der Waals surface area contributed by atoms with E-state index in [0.29, 0.717) is 12.5 Å². The zero-order valence-corrected chi connectivity index (χ0v) is 13.3. The zero-order valence-electron chi connectivity index (χ0n) is 13.3. The van der Waals surface area contributed by atoms with Crippen LogP contribution in [-0.2, 0) is 24.4 Å². The molecule has 0 bridgehead atoms. The van der Waals surface area contributed by atoms with Crippen LogP contribution in [0.2, 0.25) is 0 Å². The molecule has 2 heterocycles. The van der Waals surface area contributed by atoms with Crippen molar-refractivity contribution in [3.63, 3.8) is 0 Å². The summed E-state index contributed by atoms with van der Waals surface area (Å²) in [5, 5.41) is 11.5. The van der Waals surface area contributed by atoms with Crippen molar-refractivity contribution in [1.29, 1.82) is 0 Å². The van der Waals surface area contributed by atoms with Gasteiger partial charge in [0.2, 0.25) is 0 Å². The molecule has 2 N–H and O–H groups in total. The Bertz CT molecular complexity index is 606. The van der Waals surface area contributed by atoms with Crippen molar-refractivity contribution in [2.45, 2.75) is 26.6 Å². The Kier molecular flexibility index (Phi) is 4.75. The van der Waals surface area contributed by atoms with Crippen LogP contribution in [0.3, 0.4) is 0 Å². The maximum atomic E-state index is 5.13. The smallest absolute Gasteiger partial charge is 0.124 e. The fourth-order valence-electron chi connectivity index (χ4n) is 2.86. The monoisotopic (exact) mass is 300 g/mol. The summed E-state index contributed by atoms with van der Waals surface area (Å²) in [7, 11) is 1.72. The van der Waals surface area contributed by atoms with Gasteiger partial charge in [0, 0.05) is 45.3 Å². The Morgan fingerprint density at radius 1 is 1.32 bits per heavy atom. The highest BCUT2D eigenvalue weighted by Gasteiger charge is 2.18. The van der Waals surface area contributed by atoms with E-state index in [0.717, 1.165) is 37.7 Å². The number of aromatic nitrogens is 2. The average molecular weight is 300 g/mol. The van der Waals surface area contributed by atoms with Gasteiger partial charge in [0.05, 0.1) is 12.3 Å². The third-order valence-corrected chi connectivity index (χ3v) is 4.00. The summed E-state index contributed by atoms with van der Waals surface area (Å²) < 4.78 is 7.20. The van der Waals surface area contributed by atoms with Crippen molar-refractivity contribution in [3.8, 4) is 0 Å². The highest BCUT2D eigenvalue weighted by atomic mass is 16.5. The van der Waals surface area contributed by atoms with Crippen molar-refractivity contribution in [1.82, 2.24) is 15.1 Å². The van der Waals surface area contributed by atoms with Crippen LogP contribution >= 0.6 is 0 Å². The Labute approximate surface area is 131 Å². The van der Waals surface area contributed by atoms with Crippen molar-refractivity contribution in [2.75, 3.05) is 25.5 Å². The summed E-state index contributed by atoms with van der Waals surface area (Å²) in [6.07, 6.45) is 0. The third kappa shape index (κ3) is 3.67. The molecule has 0 aliphatic carbocycles. The Morgan fingerprint density at radius 3 is 2.86 bits per heavy atom. The molecule has 2 aromatic rings. The molecule has 0 saturated carbocycles. The van der Waals surface area contributed by atoms with Gasteiger partial charge in [-0.2, -0.15) is 5.10 Å². The van der Waals surface area contributed by atoms with E-state index in [1.165, 1.54) is 11.1 Å². The van der Waals surface area contributed by atoms with Crippen LogP contribution in [0, 0.1) is 12.8 Å². The molecule has 5 nitrogen and oxygen atoms in total. The molecule has 1 aliphatic heterocycles. The number of rotatable bonds is 6. The highest BCUT2D eigenvalue weighted by molar-refractivity contribution is 5.38. The lowest BCUT2D eigenvalue weighted by molar-refractivity contribution is 0.185. The number of hydrogen-bond acceptors (Lipinski definition) is 4. The molecule has 22 heavy (non-hydrogen) atoms. The number of nitrogens with one attached hydrogen (secondary N) is 2. The molecule has 1 atom stereocenters. The highest BCUT2D eigenvalue weighted by Crippen LogP contribution is 2.18. The number of fused-ring (bicyclic) bond motifs is 1. The summed E-state index contributed by atoms with van der Waals surface area (Å²) in [4.78, 5) is 0. The number of hydrogen-bond donors (Lipinski definition) is 2.